The Morgan fingerprint density at radius 1 is 1.20 bits per heavy atom. The molecule has 3 aromatic rings. The Kier molecular flexibility index (Phi) is 4.13. The number of likely N-dealkylation sites (N-methyl/N-ethyl adjacent to an activating group) is 1. The SMILES string of the molecule is CN1C(=O)[C@]2(CC(=O)Nc3c2sc(C(=O)O)c3-c2ccccc2)c2cc(Br)ccc21. The van der Waals surface area contributed by atoms with Gasteiger partial charge in [-0.2, -0.15) is 0 Å². The van der Waals surface area contributed by atoms with Crippen LogP contribution in [0.15, 0.2) is 53.0 Å². The second-order valence-corrected chi connectivity index (χ2v) is 9.27. The van der Waals surface area contributed by atoms with E-state index in [9.17, 15) is 19.5 Å². The van der Waals surface area contributed by atoms with Crippen molar-refractivity contribution in [2.45, 2.75) is 11.8 Å². The Hall–Kier alpha value is -2.97. The zero-order valence-electron chi connectivity index (χ0n) is 15.7. The van der Waals surface area contributed by atoms with E-state index < -0.39 is 11.4 Å². The maximum absolute atomic E-state index is 13.6. The number of amides is 2. The molecule has 30 heavy (non-hydrogen) atoms. The molecule has 6 nitrogen and oxygen atoms in total. The van der Waals surface area contributed by atoms with Crippen molar-refractivity contribution in [3.8, 4) is 11.1 Å². The van der Waals surface area contributed by atoms with Crippen molar-refractivity contribution < 1.29 is 19.5 Å². The second kappa shape index (κ2) is 6.52. The van der Waals surface area contributed by atoms with Crippen LogP contribution in [0.25, 0.3) is 11.1 Å². The lowest BCUT2D eigenvalue weighted by Gasteiger charge is -2.32. The highest BCUT2D eigenvalue weighted by atomic mass is 79.9. The van der Waals surface area contributed by atoms with Crippen LogP contribution in [0.2, 0.25) is 0 Å². The predicted octanol–water partition coefficient (Wildman–Crippen LogP) is 4.48. The Morgan fingerprint density at radius 3 is 2.63 bits per heavy atom. The van der Waals surface area contributed by atoms with Gasteiger partial charge in [-0.05, 0) is 29.3 Å². The van der Waals surface area contributed by atoms with Crippen LogP contribution in [0.1, 0.15) is 26.5 Å². The molecule has 5 rings (SSSR count). The lowest BCUT2D eigenvalue weighted by molar-refractivity contribution is -0.126. The molecular weight excluding hydrogens is 468 g/mol. The number of carboxylic acid groups (broad SMARTS) is 1. The molecule has 2 aromatic carbocycles. The van der Waals surface area contributed by atoms with Crippen LogP contribution < -0.4 is 10.2 Å². The second-order valence-electron chi connectivity index (χ2n) is 7.34. The fraction of sp³-hybridized carbons (Fsp3) is 0.136. The van der Waals surface area contributed by atoms with Crippen LogP contribution >= 0.6 is 27.3 Å². The molecule has 8 heteroatoms. The van der Waals surface area contributed by atoms with Gasteiger partial charge in [0.1, 0.15) is 10.3 Å². The summed E-state index contributed by atoms with van der Waals surface area (Å²) in [6, 6.07) is 14.6. The molecule has 2 amide bonds. The molecule has 0 saturated carbocycles. The number of fused-ring (bicyclic) bond motifs is 4. The van der Waals surface area contributed by atoms with Crippen molar-refractivity contribution >= 4 is 56.4 Å². The first-order valence-corrected chi connectivity index (χ1v) is 10.8. The van der Waals surface area contributed by atoms with E-state index in [2.05, 4.69) is 21.2 Å². The smallest absolute Gasteiger partial charge is 0.346 e. The van der Waals surface area contributed by atoms with Gasteiger partial charge in [0.2, 0.25) is 11.8 Å². The minimum absolute atomic E-state index is 0.0690. The van der Waals surface area contributed by atoms with E-state index in [1.165, 1.54) is 0 Å². The maximum atomic E-state index is 13.6. The van der Waals surface area contributed by atoms with E-state index in [-0.39, 0.29) is 23.1 Å². The van der Waals surface area contributed by atoms with E-state index in [4.69, 9.17) is 0 Å². The van der Waals surface area contributed by atoms with Crippen molar-refractivity contribution in [2.24, 2.45) is 0 Å². The Morgan fingerprint density at radius 2 is 1.93 bits per heavy atom. The summed E-state index contributed by atoms with van der Waals surface area (Å²) in [7, 11) is 1.68. The number of carbonyl (C=O) groups excluding carboxylic acids is 2. The molecule has 1 aromatic heterocycles. The summed E-state index contributed by atoms with van der Waals surface area (Å²) in [6.45, 7) is 0. The lowest BCUT2D eigenvalue weighted by atomic mass is 9.74. The highest BCUT2D eigenvalue weighted by molar-refractivity contribution is 9.10. The first-order valence-electron chi connectivity index (χ1n) is 9.18. The number of hydrogen-bond donors (Lipinski definition) is 2. The van der Waals surface area contributed by atoms with E-state index in [1.54, 1.807) is 24.1 Å². The topological polar surface area (TPSA) is 86.7 Å². The van der Waals surface area contributed by atoms with E-state index in [1.807, 2.05) is 36.4 Å². The molecule has 2 aliphatic rings. The minimum atomic E-state index is -1.24. The monoisotopic (exact) mass is 482 g/mol. The van der Waals surface area contributed by atoms with Gasteiger partial charge in [0, 0.05) is 22.8 Å². The molecule has 1 atom stereocenters. The quantitative estimate of drug-likeness (QED) is 0.563. The Labute approximate surface area is 184 Å². The number of carboxylic acids is 1. The van der Waals surface area contributed by atoms with Crippen molar-refractivity contribution in [1.82, 2.24) is 0 Å². The predicted molar refractivity (Wildman–Crippen MR) is 118 cm³/mol. The van der Waals surface area contributed by atoms with Gasteiger partial charge in [-0.15, -0.1) is 11.3 Å². The van der Waals surface area contributed by atoms with E-state index in [0.717, 1.165) is 21.5 Å². The normalized spacial score (nSPS) is 19.6. The number of nitrogens with one attached hydrogen (secondary N) is 1. The van der Waals surface area contributed by atoms with Crippen molar-refractivity contribution in [3.05, 3.63) is 68.3 Å². The molecule has 0 saturated heterocycles. The number of halogens is 1. The van der Waals surface area contributed by atoms with Crippen LogP contribution in [0.5, 0.6) is 0 Å². The van der Waals surface area contributed by atoms with Crippen LogP contribution in [0.4, 0.5) is 11.4 Å². The molecule has 150 valence electrons. The number of aromatic carboxylic acids is 1. The summed E-state index contributed by atoms with van der Waals surface area (Å²) in [5.41, 5.74) is 1.71. The standard InChI is InChI=1S/C22H15BrN2O4S/c1-25-14-8-7-12(23)9-13(14)22(21(25)29)10-15(26)24-17-16(11-5-3-2-4-6-11)18(20(27)28)30-19(17)22/h2-9H,10H2,1H3,(H,24,26)(H,27,28)/t22-/m1/s1. The Balaban J connectivity index is 1.88. The van der Waals surface area contributed by atoms with E-state index >= 15 is 0 Å². The largest absolute Gasteiger partial charge is 0.477 e. The molecule has 0 radical (unpaired) electrons. The minimum Gasteiger partial charge on any atom is -0.477 e. The lowest BCUT2D eigenvalue weighted by Crippen LogP contribution is -2.45. The molecule has 0 fully saturated rings. The molecule has 0 bridgehead atoms. The number of anilines is 2. The summed E-state index contributed by atoms with van der Waals surface area (Å²) in [4.78, 5) is 40.8. The number of nitrogens with zero attached hydrogens (tertiary/aromatic N) is 1. The fourth-order valence-electron chi connectivity index (χ4n) is 4.43. The highest BCUT2D eigenvalue weighted by Crippen LogP contribution is 2.57. The van der Waals surface area contributed by atoms with Gasteiger partial charge in [0.05, 0.1) is 17.0 Å². The summed E-state index contributed by atoms with van der Waals surface area (Å²) < 4.78 is 0.787. The van der Waals surface area contributed by atoms with Gasteiger partial charge in [-0.3, -0.25) is 9.59 Å². The first-order chi connectivity index (χ1) is 14.3. The number of benzene rings is 2. The number of hydrogen-bond acceptors (Lipinski definition) is 4. The van der Waals surface area contributed by atoms with Crippen molar-refractivity contribution in [2.75, 3.05) is 17.3 Å². The summed E-state index contributed by atoms with van der Waals surface area (Å²) >= 11 is 4.53. The zero-order valence-corrected chi connectivity index (χ0v) is 18.1. The molecule has 2 aliphatic heterocycles. The zero-order chi connectivity index (χ0) is 21.2. The number of thiophene rings is 1. The number of rotatable bonds is 2. The van der Waals surface area contributed by atoms with Crippen molar-refractivity contribution in [3.63, 3.8) is 0 Å². The summed E-state index contributed by atoms with van der Waals surface area (Å²) in [5.74, 6) is -1.64. The first kappa shape index (κ1) is 19.0. The van der Waals surface area contributed by atoms with Crippen LogP contribution in [-0.4, -0.2) is 29.9 Å². The molecular formula is C22H15BrN2O4S. The number of carbonyl (C=O) groups is 3. The average molecular weight is 483 g/mol. The molecule has 0 aliphatic carbocycles. The van der Waals surface area contributed by atoms with Gasteiger partial charge in [0.15, 0.2) is 0 Å². The van der Waals surface area contributed by atoms with Crippen LogP contribution in [0, 0.1) is 0 Å². The van der Waals surface area contributed by atoms with Crippen molar-refractivity contribution in [1.29, 1.82) is 0 Å². The van der Waals surface area contributed by atoms with E-state index in [0.29, 0.717) is 27.3 Å². The van der Waals surface area contributed by atoms with Gasteiger partial charge >= 0.3 is 5.97 Å². The van der Waals surface area contributed by atoms with Gasteiger partial charge in [-0.1, -0.05) is 46.3 Å². The van der Waals surface area contributed by atoms with Crippen LogP contribution in [-0.2, 0) is 15.0 Å². The highest BCUT2D eigenvalue weighted by Gasteiger charge is 2.57. The summed E-state index contributed by atoms with van der Waals surface area (Å²) in [6.07, 6.45) is -0.0690. The molecule has 1 spiro atoms. The van der Waals surface area contributed by atoms with Gasteiger partial charge < -0.3 is 15.3 Å². The third-order valence-corrected chi connectivity index (χ3v) is 7.53. The third-order valence-electron chi connectivity index (χ3n) is 5.69. The molecule has 2 N–H and O–H groups in total. The molecule has 3 heterocycles. The third kappa shape index (κ3) is 2.44. The van der Waals surface area contributed by atoms with Gasteiger partial charge in [0.25, 0.3) is 0 Å². The Bertz CT molecular complexity index is 1250. The van der Waals surface area contributed by atoms with Gasteiger partial charge in [-0.25, -0.2) is 4.79 Å². The fourth-order valence-corrected chi connectivity index (χ4v) is 6.10. The maximum Gasteiger partial charge on any atom is 0.346 e. The summed E-state index contributed by atoms with van der Waals surface area (Å²) in [5, 5.41) is 12.8. The average Bonchev–Trinajstić information content (AvgIpc) is 3.20. The molecule has 0 unspecified atom stereocenters. The van der Waals surface area contributed by atoms with Crippen LogP contribution in [0.3, 0.4) is 0 Å².